The van der Waals surface area contributed by atoms with E-state index in [1.807, 2.05) is 6.92 Å². The van der Waals surface area contributed by atoms with Gasteiger partial charge in [-0.2, -0.15) is 0 Å². The molecule has 0 heterocycles. The van der Waals surface area contributed by atoms with Gasteiger partial charge in [-0.25, -0.2) is 0 Å². The Morgan fingerprint density at radius 3 is 1.79 bits per heavy atom. The fourth-order valence-corrected chi connectivity index (χ4v) is 5.24. The molecule has 2 aliphatic carbocycles. The minimum absolute atomic E-state index is 0.782. The van der Waals surface area contributed by atoms with Gasteiger partial charge >= 0.3 is 0 Å². The molecule has 0 unspecified atom stereocenters. The van der Waals surface area contributed by atoms with Crippen molar-refractivity contribution < 1.29 is 0 Å². The molecule has 1 aromatic carbocycles. The van der Waals surface area contributed by atoms with E-state index in [9.17, 15) is 0 Å². The predicted molar refractivity (Wildman–Crippen MR) is 104 cm³/mol. The molecule has 0 spiro atoms. The molecule has 0 nitrogen and oxygen atoms in total. The van der Waals surface area contributed by atoms with Crippen molar-refractivity contribution in [2.45, 2.75) is 85.0 Å². The number of aryl methyl sites for hydroxylation is 2. The van der Waals surface area contributed by atoms with Gasteiger partial charge in [0.25, 0.3) is 0 Å². The first-order chi connectivity index (χ1) is 11.6. The summed E-state index contributed by atoms with van der Waals surface area (Å²) < 4.78 is 0. The quantitative estimate of drug-likeness (QED) is 0.527. The fourth-order valence-electron chi connectivity index (χ4n) is 5.24. The van der Waals surface area contributed by atoms with Crippen molar-refractivity contribution in [3.63, 3.8) is 0 Å². The third kappa shape index (κ3) is 3.88. The summed E-state index contributed by atoms with van der Waals surface area (Å²) in [5.41, 5.74) is 5.54. The summed E-state index contributed by atoms with van der Waals surface area (Å²) in [7, 11) is 0. The van der Waals surface area contributed by atoms with Crippen LogP contribution in [0.4, 0.5) is 0 Å². The summed E-state index contributed by atoms with van der Waals surface area (Å²) in [5, 5.41) is 0. The molecule has 0 atom stereocenters. The summed E-state index contributed by atoms with van der Waals surface area (Å²) in [6.45, 7) is 8.82. The van der Waals surface area contributed by atoms with E-state index < -0.39 is 0 Å². The maximum Gasteiger partial charge on any atom is 0.0303 e. The zero-order valence-corrected chi connectivity index (χ0v) is 16.1. The van der Waals surface area contributed by atoms with Gasteiger partial charge in [-0.15, -0.1) is 5.92 Å². The van der Waals surface area contributed by atoms with E-state index in [1.54, 1.807) is 5.56 Å². The monoisotopic (exact) mass is 322 g/mol. The van der Waals surface area contributed by atoms with E-state index in [0.717, 1.165) is 23.7 Å². The van der Waals surface area contributed by atoms with E-state index in [2.05, 4.69) is 44.7 Å². The first-order valence-electron chi connectivity index (χ1n) is 10.1. The van der Waals surface area contributed by atoms with Crippen LogP contribution in [0.15, 0.2) is 12.1 Å². The fraction of sp³-hybridized carbons (Fsp3) is 0.667. The molecule has 0 aromatic heterocycles. The number of rotatable bonds is 2. The molecule has 1 aromatic rings. The van der Waals surface area contributed by atoms with Crippen LogP contribution in [0, 0.1) is 43.4 Å². The van der Waals surface area contributed by atoms with E-state index in [4.69, 9.17) is 0 Å². The normalized spacial score (nSPS) is 30.5. The third-order valence-electron chi connectivity index (χ3n) is 6.78. The minimum Gasteiger partial charge on any atom is -0.101 e. The number of hydrogen-bond donors (Lipinski definition) is 0. The Bertz CT molecular complexity index is 588. The lowest BCUT2D eigenvalue weighted by Gasteiger charge is -2.37. The van der Waals surface area contributed by atoms with Crippen molar-refractivity contribution in [3.8, 4) is 11.8 Å². The first-order valence-corrected chi connectivity index (χ1v) is 10.1. The Morgan fingerprint density at radius 2 is 1.29 bits per heavy atom. The van der Waals surface area contributed by atoms with Crippen molar-refractivity contribution in [2.24, 2.45) is 17.8 Å². The molecule has 0 amide bonds. The zero-order chi connectivity index (χ0) is 17.1. The predicted octanol–water partition coefficient (Wildman–Crippen LogP) is 6.77. The van der Waals surface area contributed by atoms with Crippen molar-refractivity contribution in [3.05, 3.63) is 34.4 Å². The molecule has 0 bridgehead atoms. The van der Waals surface area contributed by atoms with Gasteiger partial charge in [0.15, 0.2) is 0 Å². The van der Waals surface area contributed by atoms with Crippen LogP contribution >= 0.6 is 0 Å². The van der Waals surface area contributed by atoms with Crippen LogP contribution in [-0.4, -0.2) is 0 Å². The maximum absolute atomic E-state index is 3.28. The zero-order valence-electron chi connectivity index (χ0n) is 16.1. The Kier molecular flexibility index (Phi) is 5.70. The Hall–Kier alpha value is -1.22. The second-order valence-electron chi connectivity index (χ2n) is 8.54. The van der Waals surface area contributed by atoms with Crippen LogP contribution in [-0.2, 0) is 0 Å². The van der Waals surface area contributed by atoms with Crippen LogP contribution in [0.1, 0.15) is 93.4 Å². The van der Waals surface area contributed by atoms with Crippen molar-refractivity contribution >= 4 is 0 Å². The lowest BCUT2D eigenvalue weighted by molar-refractivity contribution is 0.165. The lowest BCUT2D eigenvalue weighted by Crippen LogP contribution is -2.24. The van der Waals surface area contributed by atoms with Gasteiger partial charge in [0.2, 0.25) is 0 Å². The highest BCUT2D eigenvalue weighted by molar-refractivity contribution is 5.49. The van der Waals surface area contributed by atoms with E-state index in [0.29, 0.717) is 0 Å². The Balaban J connectivity index is 1.63. The maximum atomic E-state index is 3.28. The van der Waals surface area contributed by atoms with Gasteiger partial charge in [0, 0.05) is 5.56 Å². The summed E-state index contributed by atoms with van der Waals surface area (Å²) in [6, 6.07) is 4.83. The van der Waals surface area contributed by atoms with Crippen LogP contribution < -0.4 is 0 Å². The summed E-state index contributed by atoms with van der Waals surface area (Å²) in [5.74, 6) is 10.1. The lowest BCUT2D eigenvalue weighted by atomic mass is 9.68. The number of hydrogen-bond acceptors (Lipinski definition) is 0. The third-order valence-corrected chi connectivity index (χ3v) is 6.78. The molecule has 2 fully saturated rings. The van der Waals surface area contributed by atoms with Gasteiger partial charge in [-0.05, 0) is 99.7 Å². The molecule has 24 heavy (non-hydrogen) atoms. The average molecular weight is 323 g/mol. The van der Waals surface area contributed by atoms with E-state index in [1.165, 1.54) is 68.1 Å². The van der Waals surface area contributed by atoms with Crippen LogP contribution in [0.2, 0.25) is 0 Å². The highest BCUT2D eigenvalue weighted by atomic mass is 14.4. The molecule has 0 radical (unpaired) electrons. The molecular formula is C24H34. The van der Waals surface area contributed by atoms with Gasteiger partial charge < -0.3 is 0 Å². The molecule has 3 rings (SSSR count). The molecule has 2 aliphatic rings. The van der Waals surface area contributed by atoms with Gasteiger partial charge in [-0.3, -0.25) is 0 Å². The minimum atomic E-state index is 0.782. The SMILES string of the molecule is CC#Cc1c(C)cc(C2CCC(C3CCC(C)CC3)CC2)cc1C. The Morgan fingerprint density at radius 1 is 0.792 bits per heavy atom. The average Bonchev–Trinajstić information content (AvgIpc) is 2.59. The molecular weight excluding hydrogens is 288 g/mol. The molecule has 0 saturated heterocycles. The molecule has 2 saturated carbocycles. The molecule has 0 N–H and O–H groups in total. The van der Waals surface area contributed by atoms with Crippen LogP contribution in [0.25, 0.3) is 0 Å². The molecule has 130 valence electrons. The first kappa shape index (κ1) is 17.6. The standard InChI is InChI=1S/C24H34/c1-5-6-24-18(3)15-23(16-19(24)4)22-13-11-21(12-14-22)20-9-7-17(2)8-10-20/h15-17,20-22H,7-14H2,1-4H3. The van der Waals surface area contributed by atoms with Gasteiger partial charge in [0.05, 0.1) is 0 Å². The van der Waals surface area contributed by atoms with E-state index in [-0.39, 0.29) is 0 Å². The second-order valence-corrected chi connectivity index (χ2v) is 8.54. The van der Waals surface area contributed by atoms with Crippen LogP contribution in [0.5, 0.6) is 0 Å². The Labute approximate surface area is 149 Å². The van der Waals surface area contributed by atoms with Crippen molar-refractivity contribution in [1.29, 1.82) is 0 Å². The van der Waals surface area contributed by atoms with Crippen LogP contribution in [0.3, 0.4) is 0 Å². The topological polar surface area (TPSA) is 0 Å². The highest BCUT2D eigenvalue weighted by Gasteiger charge is 2.30. The summed E-state index contributed by atoms with van der Waals surface area (Å²) in [6.07, 6.45) is 11.7. The summed E-state index contributed by atoms with van der Waals surface area (Å²) >= 11 is 0. The van der Waals surface area contributed by atoms with Crippen molar-refractivity contribution in [1.82, 2.24) is 0 Å². The second kappa shape index (κ2) is 7.77. The molecule has 0 aliphatic heterocycles. The largest absolute Gasteiger partial charge is 0.101 e. The van der Waals surface area contributed by atoms with Gasteiger partial charge in [-0.1, -0.05) is 37.8 Å². The van der Waals surface area contributed by atoms with Gasteiger partial charge in [0.1, 0.15) is 0 Å². The number of benzene rings is 1. The summed E-state index contributed by atoms with van der Waals surface area (Å²) in [4.78, 5) is 0. The van der Waals surface area contributed by atoms with Crippen molar-refractivity contribution in [2.75, 3.05) is 0 Å². The molecule has 0 heteroatoms. The highest BCUT2D eigenvalue weighted by Crippen LogP contribution is 2.44. The van der Waals surface area contributed by atoms with E-state index >= 15 is 0 Å². The smallest absolute Gasteiger partial charge is 0.0303 e.